The third-order valence-corrected chi connectivity index (χ3v) is 5.20. The SMILES string of the molecule is CNC(CCCC(C)C)C1C(C)(C)C1(C)C. The molecular weight excluding hydrogens is 194 g/mol. The van der Waals surface area contributed by atoms with Crippen LogP contribution in [-0.4, -0.2) is 13.1 Å². The first-order chi connectivity index (χ1) is 7.25. The largest absolute Gasteiger partial charge is 0.317 e. The predicted octanol–water partition coefficient (Wildman–Crippen LogP) is 4.08. The Bertz CT molecular complexity index is 214. The zero-order valence-corrected chi connectivity index (χ0v) is 12.4. The van der Waals surface area contributed by atoms with Gasteiger partial charge in [0.2, 0.25) is 0 Å². The minimum Gasteiger partial charge on any atom is -0.317 e. The van der Waals surface area contributed by atoms with E-state index in [9.17, 15) is 0 Å². The molecule has 1 unspecified atom stereocenters. The third-order valence-electron chi connectivity index (χ3n) is 5.20. The summed E-state index contributed by atoms with van der Waals surface area (Å²) in [5, 5.41) is 3.55. The first kappa shape index (κ1) is 14.0. The van der Waals surface area contributed by atoms with Gasteiger partial charge in [-0.15, -0.1) is 0 Å². The van der Waals surface area contributed by atoms with E-state index in [1.165, 1.54) is 19.3 Å². The van der Waals surface area contributed by atoms with Crippen LogP contribution in [0.5, 0.6) is 0 Å². The molecule has 0 aromatic carbocycles. The van der Waals surface area contributed by atoms with Gasteiger partial charge < -0.3 is 5.32 Å². The molecule has 96 valence electrons. The summed E-state index contributed by atoms with van der Waals surface area (Å²) in [7, 11) is 2.13. The summed E-state index contributed by atoms with van der Waals surface area (Å²) in [5.41, 5.74) is 1.02. The van der Waals surface area contributed by atoms with Crippen molar-refractivity contribution in [2.75, 3.05) is 7.05 Å². The summed E-state index contributed by atoms with van der Waals surface area (Å²) in [6, 6.07) is 0.712. The lowest BCUT2D eigenvalue weighted by Crippen LogP contribution is -2.30. The van der Waals surface area contributed by atoms with E-state index < -0.39 is 0 Å². The van der Waals surface area contributed by atoms with Gasteiger partial charge in [0.1, 0.15) is 0 Å². The molecule has 1 N–H and O–H groups in total. The summed E-state index contributed by atoms with van der Waals surface area (Å²) < 4.78 is 0. The molecule has 0 aromatic rings. The van der Waals surface area contributed by atoms with E-state index in [1.807, 2.05) is 0 Å². The van der Waals surface area contributed by atoms with Crippen LogP contribution in [0.1, 0.15) is 60.8 Å². The Labute approximate surface area is 102 Å². The zero-order valence-electron chi connectivity index (χ0n) is 12.4. The van der Waals surface area contributed by atoms with E-state index in [-0.39, 0.29) is 0 Å². The summed E-state index contributed by atoms with van der Waals surface area (Å²) in [6.07, 6.45) is 4.07. The van der Waals surface area contributed by atoms with Gasteiger partial charge in [0.15, 0.2) is 0 Å². The van der Waals surface area contributed by atoms with Gasteiger partial charge in [0.25, 0.3) is 0 Å². The third kappa shape index (κ3) is 2.45. The Morgan fingerprint density at radius 3 is 1.81 bits per heavy atom. The molecule has 16 heavy (non-hydrogen) atoms. The molecule has 0 spiro atoms. The van der Waals surface area contributed by atoms with Gasteiger partial charge in [-0.05, 0) is 36.1 Å². The van der Waals surface area contributed by atoms with E-state index in [0.717, 1.165) is 11.8 Å². The maximum atomic E-state index is 3.55. The average molecular weight is 225 g/mol. The minimum absolute atomic E-state index is 0.512. The first-order valence-electron chi connectivity index (χ1n) is 6.92. The van der Waals surface area contributed by atoms with Crippen LogP contribution >= 0.6 is 0 Å². The Morgan fingerprint density at radius 2 is 1.50 bits per heavy atom. The highest BCUT2D eigenvalue weighted by Gasteiger charge is 2.66. The minimum atomic E-state index is 0.512. The van der Waals surface area contributed by atoms with Crippen LogP contribution in [-0.2, 0) is 0 Å². The van der Waals surface area contributed by atoms with Crippen molar-refractivity contribution >= 4 is 0 Å². The molecule has 0 aromatic heterocycles. The Balaban J connectivity index is 2.45. The van der Waals surface area contributed by atoms with Crippen LogP contribution < -0.4 is 5.32 Å². The first-order valence-corrected chi connectivity index (χ1v) is 6.92. The van der Waals surface area contributed by atoms with Crippen molar-refractivity contribution in [2.45, 2.75) is 66.8 Å². The van der Waals surface area contributed by atoms with E-state index in [0.29, 0.717) is 16.9 Å². The average Bonchev–Trinajstić information content (AvgIpc) is 2.53. The van der Waals surface area contributed by atoms with Crippen LogP contribution in [0.3, 0.4) is 0 Å². The molecule has 0 amide bonds. The smallest absolute Gasteiger partial charge is 0.0103 e. The van der Waals surface area contributed by atoms with Gasteiger partial charge >= 0.3 is 0 Å². The van der Waals surface area contributed by atoms with Crippen molar-refractivity contribution in [3.63, 3.8) is 0 Å². The summed E-state index contributed by atoms with van der Waals surface area (Å²) >= 11 is 0. The van der Waals surface area contributed by atoms with Crippen LogP contribution in [0, 0.1) is 22.7 Å². The second kappa shape index (κ2) is 4.68. The molecule has 1 fully saturated rings. The quantitative estimate of drug-likeness (QED) is 0.718. The van der Waals surface area contributed by atoms with E-state index in [4.69, 9.17) is 0 Å². The lowest BCUT2D eigenvalue weighted by Gasteiger charge is -2.19. The van der Waals surface area contributed by atoms with Crippen LogP contribution in [0.2, 0.25) is 0 Å². The fourth-order valence-corrected chi connectivity index (χ4v) is 3.48. The lowest BCUT2D eigenvalue weighted by molar-refractivity contribution is 0.377. The van der Waals surface area contributed by atoms with Gasteiger partial charge in [0.05, 0.1) is 0 Å². The second-order valence-electron chi connectivity index (χ2n) is 7.14. The number of rotatable bonds is 6. The summed E-state index contributed by atoms with van der Waals surface area (Å²) in [4.78, 5) is 0. The molecule has 0 saturated heterocycles. The van der Waals surface area contributed by atoms with Gasteiger partial charge in [0, 0.05) is 6.04 Å². The van der Waals surface area contributed by atoms with Crippen molar-refractivity contribution in [2.24, 2.45) is 22.7 Å². The van der Waals surface area contributed by atoms with Crippen molar-refractivity contribution < 1.29 is 0 Å². The molecule has 0 aliphatic heterocycles. The molecule has 0 heterocycles. The molecule has 1 atom stereocenters. The standard InChI is InChI=1S/C15H31N/c1-11(2)9-8-10-12(16-7)13-14(3,4)15(13,5)6/h11-13,16H,8-10H2,1-7H3. The van der Waals surface area contributed by atoms with Gasteiger partial charge in [-0.2, -0.15) is 0 Å². The fraction of sp³-hybridized carbons (Fsp3) is 1.00. The van der Waals surface area contributed by atoms with Crippen LogP contribution in [0.25, 0.3) is 0 Å². The van der Waals surface area contributed by atoms with E-state index in [1.54, 1.807) is 0 Å². The topological polar surface area (TPSA) is 12.0 Å². The fourth-order valence-electron chi connectivity index (χ4n) is 3.48. The van der Waals surface area contributed by atoms with Crippen molar-refractivity contribution in [3.8, 4) is 0 Å². The highest BCUT2D eigenvalue weighted by molar-refractivity contribution is 5.16. The summed E-state index contributed by atoms with van der Waals surface area (Å²) in [6.45, 7) is 14.3. The normalized spacial score (nSPS) is 24.8. The Hall–Kier alpha value is -0.0400. The van der Waals surface area contributed by atoms with Gasteiger partial charge in [-0.1, -0.05) is 54.4 Å². The Kier molecular flexibility index (Phi) is 4.10. The van der Waals surface area contributed by atoms with Gasteiger partial charge in [-0.25, -0.2) is 0 Å². The predicted molar refractivity (Wildman–Crippen MR) is 72.6 cm³/mol. The van der Waals surface area contributed by atoms with E-state index >= 15 is 0 Å². The molecule has 0 radical (unpaired) electrons. The lowest BCUT2D eigenvalue weighted by atomic mass is 9.96. The molecule has 1 aliphatic carbocycles. The van der Waals surface area contributed by atoms with Crippen LogP contribution in [0.15, 0.2) is 0 Å². The van der Waals surface area contributed by atoms with Crippen molar-refractivity contribution in [1.29, 1.82) is 0 Å². The second-order valence-corrected chi connectivity index (χ2v) is 7.14. The van der Waals surface area contributed by atoms with Crippen LogP contribution in [0.4, 0.5) is 0 Å². The highest BCUT2D eigenvalue weighted by atomic mass is 14.9. The maximum absolute atomic E-state index is 3.55. The van der Waals surface area contributed by atoms with Crippen molar-refractivity contribution in [1.82, 2.24) is 5.32 Å². The van der Waals surface area contributed by atoms with E-state index in [2.05, 4.69) is 53.9 Å². The Morgan fingerprint density at radius 1 is 1.00 bits per heavy atom. The number of nitrogens with one attached hydrogen (secondary N) is 1. The maximum Gasteiger partial charge on any atom is 0.0103 e. The number of hydrogen-bond acceptors (Lipinski definition) is 1. The number of hydrogen-bond donors (Lipinski definition) is 1. The molecule has 1 aliphatic rings. The molecule has 1 saturated carbocycles. The molecule has 0 bridgehead atoms. The molecular formula is C15H31N. The van der Waals surface area contributed by atoms with Gasteiger partial charge in [-0.3, -0.25) is 0 Å². The monoisotopic (exact) mass is 225 g/mol. The highest BCUT2D eigenvalue weighted by Crippen LogP contribution is 2.69. The molecule has 1 heteroatoms. The van der Waals surface area contributed by atoms with Crippen molar-refractivity contribution in [3.05, 3.63) is 0 Å². The summed E-state index contributed by atoms with van der Waals surface area (Å²) in [5.74, 6) is 1.69. The zero-order chi connectivity index (χ0) is 12.6. The molecule has 1 nitrogen and oxygen atoms in total. The molecule has 1 rings (SSSR count).